The van der Waals surface area contributed by atoms with Crippen LogP contribution in [0.5, 0.6) is 5.75 Å². The molecule has 2 amide bonds. The molecule has 0 aromatic heterocycles. The Morgan fingerprint density at radius 2 is 1.75 bits per heavy atom. The van der Waals surface area contributed by atoms with E-state index >= 15 is 0 Å². The molecule has 0 bridgehead atoms. The summed E-state index contributed by atoms with van der Waals surface area (Å²) in [5, 5.41) is 4.03. The van der Waals surface area contributed by atoms with Crippen molar-refractivity contribution in [1.29, 1.82) is 0 Å². The molecule has 7 nitrogen and oxygen atoms in total. The van der Waals surface area contributed by atoms with Crippen LogP contribution in [0.25, 0.3) is 0 Å². The zero-order valence-electron chi connectivity index (χ0n) is 16.0. The highest BCUT2D eigenvalue weighted by atomic mass is 32.2. The summed E-state index contributed by atoms with van der Waals surface area (Å²) in [5.41, 5.74) is 1.68. The molecule has 0 saturated carbocycles. The Bertz CT molecular complexity index is 879. The largest absolute Gasteiger partial charge is 0.760 e. The van der Waals surface area contributed by atoms with Crippen LogP contribution in [0.15, 0.2) is 48.5 Å². The number of methoxy groups -OCH3 is 1. The maximum absolute atomic E-state index is 12.9. The van der Waals surface area contributed by atoms with Crippen molar-refractivity contribution in [3.8, 4) is 5.75 Å². The normalized spacial score (nSPS) is 16.0. The monoisotopic (exact) mass is 403 g/mol. The summed E-state index contributed by atoms with van der Waals surface area (Å²) in [6.45, 7) is 4.10. The fourth-order valence-electron chi connectivity index (χ4n) is 3.15. The second-order valence-corrected chi connectivity index (χ2v) is 7.32. The molecule has 0 spiro atoms. The third kappa shape index (κ3) is 4.83. The van der Waals surface area contributed by atoms with Crippen LogP contribution in [0.4, 0.5) is 0 Å². The average molecular weight is 403 g/mol. The highest BCUT2D eigenvalue weighted by molar-refractivity contribution is 7.76. The fraction of sp³-hybridized carbons (Fsp3) is 0.300. The van der Waals surface area contributed by atoms with E-state index in [9.17, 15) is 9.59 Å². The second-order valence-electron chi connectivity index (χ2n) is 6.79. The minimum atomic E-state index is -2.36. The van der Waals surface area contributed by atoms with Crippen LogP contribution in [0.3, 0.4) is 0 Å². The molecule has 0 aliphatic carbocycles. The Hall–Kier alpha value is -2.55. The molecular formula is C20H23N2O5S-. The Labute approximate surface area is 166 Å². The number of rotatable bonds is 4. The van der Waals surface area contributed by atoms with Crippen LogP contribution in [-0.2, 0) is 27.9 Å². The molecule has 0 radical (unpaired) electrons. The molecule has 2 aromatic rings. The van der Waals surface area contributed by atoms with Crippen molar-refractivity contribution in [2.75, 3.05) is 13.7 Å². The van der Waals surface area contributed by atoms with Crippen molar-refractivity contribution >= 4 is 23.1 Å². The van der Waals surface area contributed by atoms with Crippen molar-refractivity contribution in [1.82, 2.24) is 4.90 Å². The predicted octanol–water partition coefficient (Wildman–Crippen LogP) is 1.94. The average Bonchev–Trinajstić information content (AvgIpc) is 2.66. The van der Waals surface area contributed by atoms with Crippen molar-refractivity contribution in [3.63, 3.8) is 0 Å². The molecule has 8 heteroatoms. The van der Waals surface area contributed by atoms with Crippen LogP contribution < -0.4 is 9.88 Å². The van der Waals surface area contributed by atoms with E-state index in [-0.39, 0.29) is 11.8 Å². The summed E-state index contributed by atoms with van der Waals surface area (Å²) in [5.74, 6) is 0.223. The van der Waals surface area contributed by atoms with E-state index in [0.717, 1.165) is 11.1 Å². The smallest absolute Gasteiger partial charge is 0.260 e. The Morgan fingerprint density at radius 3 is 2.32 bits per heavy atom. The summed E-state index contributed by atoms with van der Waals surface area (Å²) >= 11 is -2.36. The van der Waals surface area contributed by atoms with Crippen LogP contribution in [0, 0.1) is 0 Å². The molecule has 150 valence electrons. The quantitative estimate of drug-likeness (QED) is 0.619. The zero-order chi connectivity index (χ0) is 20.9. The molecule has 1 atom stereocenters. The summed E-state index contributed by atoms with van der Waals surface area (Å²) in [6.07, 6.45) is 0.647. The van der Waals surface area contributed by atoms with Crippen LogP contribution >= 0.6 is 0 Å². The number of amides is 2. The number of hydrogen-bond donors (Lipinski definition) is 1. The SMILES string of the molecule is COc1ccc2c(c1)C(=O)N(CCc1ccccc1)C(=O)C2(C)C.NS(=O)[O-]. The molecule has 1 aliphatic heterocycles. The Morgan fingerprint density at radius 1 is 1.14 bits per heavy atom. The van der Waals surface area contributed by atoms with E-state index in [2.05, 4.69) is 5.14 Å². The summed E-state index contributed by atoms with van der Waals surface area (Å²) in [7, 11) is 1.57. The number of hydrogen-bond acceptors (Lipinski definition) is 5. The number of benzene rings is 2. The summed E-state index contributed by atoms with van der Waals surface area (Å²) in [6, 6.07) is 15.2. The minimum Gasteiger partial charge on any atom is -0.760 e. The van der Waals surface area contributed by atoms with Gasteiger partial charge in [0.1, 0.15) is 5.75 Å². The number of ether oxygens (including phenoxy) is 1. The van der Waals surface area contributed by atoms with Crippen LogP contribution in [0.1, 0.15) is 35.3 Å². The third-order valence-electron chi connectivity index (χ3n) is 4.62. The maximum atomic E-state index is 12.9. The molecule has 1 unspecified atom stereocenters. The number of fused-ring (bicyclic) bond motifs is 1. The molecule has 28 heavy (non-hydrogen) atoms. The van der Waals surface area contributed by atoms with Gasteiger partial charge in [0.15, 0.2) is 0 Å². The predicted molar refractivity (Wildman–Crippen MR) is 105 cm³/mol. The van der Waals surface area contributed by atoms with E-state index in [1.165, 1.54) is 4.90 Å². The lowest BCUT2D eigenvalue weighted by Crippen LogP contribution is -2.52. The molecule has 2 N–H and O–H groups in total. The number of nitrogens with two attached hydrogens (primary N) is 1. The second kappa shape index (κ2) is 9.09. The number of nitrogens with zero attached hydrogens (tertiary/aromatic N) is 1. The number of carbonyl (C=O) groups excluding carboxylic acids is 2. The molecule has 2 aromatic carbocycles. The lowest BCUT2D eigenvalue weighted by atomic mass is 9.77. The van der Waals surface area contributed by atoms with E-state index in [0.29, 0.717) is 24.3 Å². The van der Waals surface area contributed by atoms with Gasteiger partial charge in [0.25, 0.3) is 5.91 Å². The van der Waals surface area contributed by atoms with Gasteiger partial charge in [-0.1, -0.05) is 36.4 Å². The van der Waals surface area contributed by atoms with Gasteiger partial charge in [0.2, 0.25) is 5.91 Å². The topological polar surface area (TPSA) is 113 Å². The maximum Gasteiger partial charge on any atom is 0.260 e. The van der Waals surface area contributed by atoms with E-state index in [1.807, 2.05) is 50.2 Å². The van der Waals surface area contributed by atoms with Gasteiger partial charge in [-0.25, -0.2) is 0 Å². The minimum absolute atomic E-state index is 0.152. The Kier molecular flexibility index (Phi) is 7.06. The highest BCUT2D eigenvalue weighted by Gasteiger charge is 2.44. The molecule has 1 aliphatic rings. The lowest BCUT2D eigenvalue weighted by molar-refractivity contribution is -0.134. The first kappa shape index (κ1) is 21.7. The highest BCUT2D eigenvalue weighted by Crippen LogP contribution is 2.36. The first-order chi connectivity index (χ1) is 13.2. The van der Waals surface area contributed by atoms with Gasteiger partial charge >= 0.3 is 0 Å². The van der Waals surface area contributed by atoms with Gasteiger partial charge in [-0.05, 0) is 43.5 Å². The van der Waals surface area contributed by atoms with Crippen molar-refractivity contribution in [2.45, 2.75) is 25.7 Å². The van der Waals surface area contributed by atoms with Gasteiger partial charge in [0.05, 0.1) is 12.5 Å². The molecular weight excluding hydrogens is 380 g/mol. The Balaban J connectivity index is 0.000000640. The van der Waals surface area contributed by atoms with Gasteiger partial charge < -0.3 is 9.29 Å². The van der Waals surface area contributed by atoms with Crippen LogP contribution in [-0.4, -0.2) is 39.1 Å². The van der Waals surface area contributed by atoms with Gasteiger partial charge in [-0.15, -0.1) is 0 Å². The van der Waals surface area contributed by atoms with Gasteiger partial charge in [0, 0.05) is 23.4 Å². The first-order valence-corrected chi connectivity index (χ1v) is 9.74. The molecule has 1 heterocycles. The summed E-state index contributed by atoms with van der Waals surface area (Å²) in [4.78, 5) is 27.1. The van der Waals surface area contributed by atoms with E-state index in [1.54, 1.807) is 19.2 Å². The third-order valence-corrected chi connectivity index (χ3v) is 4.62. The van der Waals surface area contributed by atoms with Gasteiger partial charge in [-0.2, -0.15) is 0 Å². The molecule has 0 saturated heterocycles. The van der Waals surface area contributed by atoms with Crippen molar-refractivity contribution < 1.29 is 23.1 Å². The number of imide groups is 1. The van der Waals surface area contributed by atoms with Gasteiger partial charge in [-0.3, -0.25) is 23.8 Å². The standard InChI is InChI=1S/C20H21NO3.H3NO2S/c1-20(2)17-10-9-15(24-3)13-16(17)18(22)21(19(20)23)12-11-14-7-5-4-6-8-14;1-4(2)3/h4-10,13H,11-12H2,1-3H3;1H2,(H,2,3)/p-1. The van der Waals surface area contributed by atoms with E-state index < -0.39 is 16.7 Å². The first-order valence-electron chi connectivity index (χ1n) is 8.61. The molecule has 0 fully saturated rings. The van der Waals surface area contributed by atoms with Crippen molar-refractivity contribution in [3.05, 3.63) is 65.2 Å². The zero-order valence-corrected chi connectivity index (χ0v) is 16.8. The van der Waals surface area contributed by atoms with Crippen molar-refractivity contribution in [2.24, 2.45) is 5.14 Å². The lowest BCUT2D eigenvalue weighted by Gasteiger charge is -2.37. The van der Waals surface area contributed by atoms with Crippen LogP contribution in [0.2, 0.25) is 0 Å². The number of carbonyl (C=O) groups is 2. The summed E-state index contributed by atoms with van der Waals surface area (Å²) < 4.78 is 22.8. The van der Waals surface area contributed by atoms with E-state index in [4.69, 9.17) is 13.5 Å². The molecule has 3 rings (SSSR count). The fourth-order valence-corrected chi connectivity index (χ4v) is 3.15.